The highest BCUT2D eigenvalue weighted by Crippen LogP contribution is 2.24. The zero-order valence-electron chi connectivity index (χ0n) is 8.02. The van der Waals surface area contributed by atoms with Gasteiger partial charge in [0, 0.05) is 6.54 Å². The molecule has 0 aromatic rings. The summed E-state index contributed by atoms with van der Waals surface area (Å²) in [4.78, 5) is 1.95. The first kappa shape index (κ1) is 10.5. The molecule has 0 radical (unpaired) electrons. The molecule has 0 saturated carbocycles. The van der Waals surface area contributed by atoms with Crippen LogP contribution in [0.15, 0.2) is 0 Å². The molecule has 2 nitrogen and oxygen atoms in total. The molecule has 0 spiro atoms. The minimum Gasteiger partial charge on any atom is -0.393 e. The summed E-state index contributed by atoms with van der Waals surface area (Å²) in [6.07, 6.45) is 1.28. The quantitative estimate of drug-likeness (QED) is 0.643. The lowest BCUT2D eigenvalue weighted by Crippen LogP contribution is -2.47. The molecule has 0 aromatic carbocycles. The molecule has 1 aliphatic heterocycles. The number of likely N-dealkylation sites (tertiary alicyclic amines) is 1. The van der Waals surface area contributed by atoms with Crippen molar-refractivity contribution in [2.24, 2.45) is 0 Å². The van der Waals surface area contributed by atoms with Gasteiger partial charge in [-0.05, 0) is 26.3 Å². The highest BCUT2D eigenvalue weighted by molar-refractivity contribution is 5.00. The van der Waals surface area contributed by atoms with Crippen molar-refractivity contribution in [2.45, 2.75) is 25.4 Å². The maximum Gasteiger partial charge on any atom is 0.146 e. The minimum absolute atomic E-state index is 0.318. The summed E-state index contributed by atoms with van der Waals surface area (Å²) in [5.41, 5.74) is -1.40. The van der Waals surface area contributed by atoms with Crippen LogP contribution in [-0.2, 0) is 0 Å². The van der Waals surface area contributed by atoms with Crippen LogP contribution in [0.1, 0.15) is 19.8 Å². The third kappa shape index (κ3) is 2.98. The zero-order valence-corrected chi connectivity index (χ0v) is 8.02. The van der Waals surface area contributed by atoms with Gasteiger partial charge in [-0.2, -0.15) is 0 Å². The van der Waals surface area contributed by atoms with Crippen molar-refractivity contribution >= 4 is 0 Å². The van der Waals surface area contributed by atoms with Gasteiger partial charge in [0.1, 0.15) is 5.67 Å². The molecule has 1 aliphatic rings. The van der Waals surface area contributed by atoms with Gasteiger partial charge in [-0.15, -0.1) is 5.92 Å². The fourth-order valence-corrected chi connectivity index (χ4v) is 1.63. The van der Waals surface area contributed by atoms with Crippen LogP contribution in [0, 0.1) is 11.8 Å². The van der Waals surface area contributed by atoms with E-state index in [4.69, 9.17) is 5.11 Å². The van der Waals surface area contributed by atoms with E-state index >= 15 is 0 Å². The first-order valence-corrected chi connectivity index (χ1v) is 4.62. The van der Waals surface area contributed by atoms with E-state index in [2.05, 4.69) is 11.8 Å². The standard InChI is InChI=1S/C10H16FNO/c1-2-3-6-12-7-4-5-10(11,8-12)9-13/h13H,4-9H2,1H3/t10-/m0/s1. The summed E-state index contributed by atoms with van der Waals surface area (Å²) in [6.45, 7) is 3.22. The van der Waals surface area contributed by atoms with Gasteiger partial charge in [0.25, 0.3) is 0 Å². The highest BCUT2D eigenvalue weighted by atomic mass is 19.1. The molecule has 0 aromatic heterocycles. The predicted octanol–water partition coefficient (Wildman–Crippen LogP) is 0.806. The second kappa shape index (κ2) is 4.59. The molecule has 0 unspecified atom stereocenters. The van der Waals surface area contributed by atoms with Crippen molar-refractivity contribution in [2.75, 3.05) is 26.2 Å². The molecule has 1 atom stereocenters. The van der Waals surface area contributed by atoms with Crippen molar-refractivity contribution in [1.29, 1.82) is 0 Å². The van der Waals surface area contributed by atoms with E-state index in [0.29, 0.717) is 19.5 Å². The number of hydrogen-bond acceptors (Lipinski definition) is 2. The van der Waals surface area contributed by atoms with E-state index < -0.39 is 5.67 Å². The Bertz CT molecular complexity index is 221. The molecule has 1 N–H and O–H groups in total. The smallest absolute Gasteiger partial charge is 0.146 e. The van der Waals surface area contributed by atoms with Gasteiger partial charge in [-0.3, -0.25) is 4.90 Å². The maximum absolute atomic E-state index is 13.6. The van der Waals surface area contributed by atoms with Gasteiger partial charge in [0.15, 0.2) is 0 Å². The largest absolute Gasteiger partial charge is 0.393 e. The molecular weight excluding hydrogens is 169 g/mol. The minimum atomic E-state index is -1.40. The molecule has 0 amide bonds. The van der Waals surface area contributed by atoms with Crippen LogP contribution < -0.4 is 0 Å². The van der Waals surface area contributed by atoms with Crippen LogP contribution in [0.5, 0.6) is 0 Å². The van der Waals surface area contributed by atoms with Crippen molar-refractivity contribution in [1.82, 2.24) is 4.90 Å². The number of nitrogens with zero attached hydrogens (tertiary/aromatic N) is 1. The summed E-state index contributed by atoms with van der Waals surface area (Å²) in [5.74, 6) is 5.69. The second-order valence-electron chi connectivity index (χ2n) is 3.55. The number of aliphatic hydroxyl groups is 1. The fourth-order valence-electron chi connectivity index (χ4n) is 1.63. The van der Waals surface area contributed by atoms with Gasteiger partial charge in [-0.25, -0.2) is 4.39 Å². The molecule has 13 heavy (non-hydrogen) atoms. The first-order chi connectivity index (χ1) is 6.20. The number of piperidine rings is 1. The van der Waals surface area contributed by atoms with Crippen LogP contribution in [0.3, 0.4) is 0 Å². The molecule has 0 aliphatic carbocycles. The van der Waals surface area contributed by atoms with E-state index in [1.165, 1.54) is 0 Å². The third-order valence-electron chi connectivity index (χ3n) is 2.37. The summed E-state index contributed by atoms with van der Waals surface area (Å²) < 4.78 is 13.6. The van der Waals surface area contributed by atoms with Crippen LogP contribution in [0.25, 0.3) is 0 Å². The van der Waals surface area contributed by atoms with Crippen LogP contribution in [-0.4, -0.2) is 41.9 Å². The normalized spacial score (nSPS) is 29.5. The highest BCUT2D eigenvalue weighted by Gasteiger charge is 2.34. The number of rotatable bonds is 2. The Balaban J connectivity index is 2.44. The van der Waals surface area contributed by atoms with E-state index in [-0.39, 0.29) is 6.61 Å². The average Bonchev–Trinajstić information content (AvgIpc) is 2.15. The SMILES string of the molecule is CC#CCN1CCC[C@@](F)(CO)C1. The van der Waals surface area contributed by atoms with Crippen LogP contribution >= 0.6 is 0 Å². The van der Waals surface area contributed by atoms with Gasteiger partial charge in [0.2, 0.25) is 0 Å². The Labute approximate surface area is 78.7 Å². The van der Waals surface area contributed by atoms with Gasteiger partial charge in [0.05, 0.1) is 13.2 Å². The molecule has 74 valence electrons. The van der Waals surface area contributed by atoms with E-state index in [9.17, 15) is 4.39 Å². The van der Waals surface area contributed by atoms with Gasteiger partial charge < -0.3 is 5.11 Å². The molecule has 1 fully saturated rings. The number of halogens is 1. The van der Waals surface area contributed by atoms with Gasteiger partial charge >= 0.3 is 0 Å². The Hall–Kier alpha value is -0.590. The Morgan fingerprint density at radius 1 is 1.62 bits per heavy atom. The van der Waals surface area contributed by atoms with E-state index in [0.717, 1.165) is 13.0 Å². The van der Waals surface area contributed by atoms with Crippen molar-refractivity contribution < 1.29 is 9.50 Å². The second-order valence-corrected chi connectivity index (χ2v) is 3.55. The van der Waals surface area contributed by atoms with E-state index in [1.54, 1.807) is 6.92 Å². The molecule has 1 heterocycles. The average molecular weight is 185 g/mol. The number of alkyl halides is 1. The molecule has 1 rings (SSSR count). The summed E-state index contributed by atoms with van der Waals surface area (Å²) in [7, 11) is 0. The number of hydrogen-bond donors (Lipinski definition) is 1. The monoisotopic (exact) mass is 185 g/mol. The lowest BCUT2D eigenvalue weighted by Gasteiger charge is -2.35. The third-order valence-corrected chi connectivity index (χ3v) is 2.37. The molecule has 3 heteroatoms. The maximum atomic E-state index is 13.6. The predicted molar refractivity (Wildman–Crippen MR) is 50.0 cm³/mol. The molecular formula is C10H16FNO. The van der Waals surface area contributed by atoms with Gasteiger partial charge in [-0.1, -0.05) is 5.92 Å². The molecule has 0 bridgehead atoms. The fraction of sp³-hybridized carbons (Fsp3) is 0.800. The Kier molecular flexibility index (Phi) is 3.71. The number of aliphatic hydroxyl groups excluding tert-OH is 1. The van der Waals surface area contributed by atoms with Crippen molar-refractivity contribution in [3.8, 4) is 11.8 Å². The topological polar surface area (TPSA) is 23.5 Å². The Morgan fingerprint density at radius 3 is 3.00 bits per heavy atom. The summed E-state index contributed by atoms with van der Waals surface area (Å²) >= 11 is 0. The summed E-state index contributed by atoms with van der Waals surface area (Å²) in [5, 5.41) is 8.86. The van der Waals surface area contributed by atoms with Crippen molar-refractivity contribution in [3.05, 3.63) is 0 Å². The molecule has 1 saturated heterocycles. The van der Waals surface area contributed by atoms with E-state index in [1.807, 2.05) is 4.90 Å². The van der Waals surface area contributed by atoms with Crippen LogP contribution in [0.4, 0.5) is 4.39 Å². The first-order valence-electron chi connectivity index (χ1n) is 4.62. The zero-order chi connectivity index (χ0) is 9.73. The lowest BCUT2D eigenvalue weighted by atomic mass is 9.96. The Morgan fingerprint density at radius 2 is 2.38 bits per heavy atom. The van der Waals surface area contributed by atoms with Crippen LogP contribution in [0.2, 0.25) is 0 Å². The lowest BCUT2D eigenvalue weighted by molar-refractivity contribution is 0.00337. The van der Waals surface area contributed by atoms with Crippen molar-refractivity contribution in [3.63, 3.8) is 0 Å². The summed E-state index contributed by atoms with van der Waals surface area (Å²) in [6, 6.07) is 0.